The minimum Gasteiger partial charge on any atom is -0.385 e. The summed E-state index contributed by atoms with van der Waals surface area (Å²) in [6, 6.07) is 3.19. The van der Waals surface area contributed by atoms with Crippen molar-refractivity contribution in [1.82, 2.24) is 5.32 Å². The Hall–Kier alpha value is -2.02. The highest BCUT2D eigenvalue weighted by Crippen LogP contribution is 2.18. The molecule has 0 unspecified atom stereocenters. The van der Waals surface area contributed by atoms with Crippen LogP contribution in [0.2, 0.25) is 0 Å². The van der Waals surface area contributed by atoms with Gasteiger partial charge in [-0.05, 0) is 18.6 Å². The third kappa shape index (κ3) is 5.77. The van der Waals surface area contributed by atoms with Crippen molar-refractivity contribution in [2.24, 2.45) is 0 Å². The summed E-state index contributed by atoms with van der Waals surface area (Å²) in [5, 5.41) is 2.69. The summed E-state index contributed by atoms with van der Waals surface area (Å²) >= 11 is 0. The molecule has 0 aliphatic heterocycles. The maximum Gasteiger partial charge on any atom is 0.223 e. The number of hydrogen-bond acceptors (Lipinski definition) is 3. The summed E-state index contributed by atoms with van der Waals surface area (Å²) in [4.78, 5) is 24.5. The van der Waals surface area contributed by atoms with E-state index in [1.165, 1.54) is 17.9 Å². The van der Waals surface area contributed by atoms with Gasteiger partial charge in [-0.3, -0.25) is 9.59 Å². The summed E-state index contributed by atoms with van der Waals surface area (Å²) in [6.07, 6.45) is 0.771. The molecule has 0 aliphatic carbocycles. The Balaban J connectivity index is 2.56. The number of carbonyl (C=O) groups is 2. The zero-order valence-electron chi connectivity index (χ0n) is 12.7. The first-order valence-corrected chi connectivity index (χ1v) is 6.94. The first-order valence-electron chi connectivity index (χ1n) is 6.94. The van der Waals surface area contributed by atoms with Crippen molar-refractivity contribution in [3.63, 3.8) is 0 Å². The summed E-state index contributed by atoms with van der Waals surface area (Å²) in [5.41, 5.74) is 0.221. The Morgan fingerprint density at radius 1 is 1.27 bits per heavy atom. The molecule has 1 rings (SSSR count). The molecule has 0 saturated heterocycles. The van der Waals surface area contributed by atoms with Crippen LogP contribution in [0.25, 0.3) is 0 Å². The highest BCUT2D eigenvalue weighted by Gasteiger charge is 2.15. The van der Waals surface area contributed by atoms with Gasteiger partial charge in [0.25, 0.3) is 0 Å². The molecule has 0 atom stereocenters. The van der Waals surface area contributed by atoms with E-state index in [0.29, 0.717) is 19.6 Å². The lowest BCUT2D eigenvalue weighted by Crippen LogP contribution is -2.34. The van der Waals surface area contributed by atoms with Gasteiger partial charge in [-0.2, -0.15) is 0 Å². The third-order valence-corrected chi connectivity index (χ3v) is 3.00. The standard InChI is InChI=1S/C15H20F2N2O3/c1-11(20)19(12-4-5-13(16)14(17)10-12)8-6-15(21)18-7-3-9-22-2/h4-5,10H,3,6-9H2,1-2H3,(H,18,21). The Bertz CT molecular complexity index is 524. The quantitative estimate of drug-likeness (QED) is 0.745. The Kier molecular flexibility index (Phi) is 7.45. The molecule has 0 bridgehead atoms. The molecule has 0 aliphatic rings. The van der Waals surface area contributed by atoms with Crippen molar-refractivity contribution >= 4 is 17.5 Å². The van der Waals surface area contributed by atoms with Gasteiger partial charge >= 0.3 is 0 Å². The molecule has 1 aromatic rings. The van der Waals surface area contributed by atoms with Gasteiger partial charge in [-0.1, -0.05) is 0 Å². The van der Waals surface area contributed by atoms with Gasteiger partial charge in [-0.25, -0.2) is 8.78 Å². The zero-order valence-corrected chi connectivity index (χ0v) is 12.7. The number of benzene rings is 1. The average molecular weight is 314 g/mol. The molecule has 7 heteroatoms. The number of rotatable bonds is 8. The number of anilines is 1. The van der Waals surface area contributed by atoms with Crippen molar-refractivity contribution in [1.29, 1.82) is 0 Å². The molecular formula is C15H20F2N2O3. The Morgan fingerprint density at radius 3 is 2.59 bits per heavy atom. The molecular weight excluding hydrogens is 294 g/mol. The molecule has 0 radical (unpaired) electrons. The lowest BCUT2D eigenvalue weighted by molar-refractivity contribution is -0.121. The molecule has 22 heavy (non-hydrogen) atoms. The number of nitrogens with zero attached hydrogens (tertiary/aromatic N) is 1. The monoisotopic (exact) mass is 314 g/mol. The van der Waals surface area contributed by atoms with Crippen molar-refractivity contribution in [3.05, 3.63) is 29.8 Å². The maximum atomic E-state index is 13.2. The lowest BCUT2D eigenvalue weighted by atomic mass is 10.2. The van der Waals surface area contributed by atoms with Crippen LogP contribution in [0.1, 0.15) is 19.8 Å². The maximum absolute atomic E-state index is 13.2. The number of carbonyl (C=O) groups excluding carboxylic acids is 2. The SMILES string of the molecule is COCCCNC(=O)CCN(C(C)=O)c1ccc(F)c(F)c1. The van der Waals surface area contributed by atoms with E-state index in [9.17, 15) is 18.4 Å². The predicted octanol–water partition coefficient (Wildman–Crippen LogP) is 1.86. The van der Waals surface area contributed by atoms with E-state index in [2.05, 4.69) is 5.32 Å². The van der Waals surface area contributed by atoms with E-state index in [1.807, 2.05) is 0 Å². The zero-order chi connectivity index (χ0) is 16.5. The molecule has 2 amide bonds. The fourth-order valence-corrected chi connectivity index (χ4v) is 1.87. The molecule has 5 nitrogen and oxygen atoms in total. The third-order valence-electron chi connectivity index (χ3n) is 3.00. The largest absolute Gasteiger partial charge is 0.385 e. The number of methoxy groups -OCH3 is 1. The Labute approximate surface area is 128 Å². The molecule has 0 spiro atoms. The molecule has 0 aromatic heterocycles. The highest BCUT2D eigenvalue weighted by atomic mass is 19.2. The highest BCUT2D eigenvalue weighted by molar-refractivity contribution is 5.92. The second-order valence-corrected chi connectivity index (χ2v) is 4.72. The van der Waals surface area contributed by atoms with Gasteiger partial charge in [0, 0.05) is 51.9 Å². The van der Waals surface area contributed by atoms with Gasteiger partial charge in [0.2, 0.25) is 11.8 Å². The van der Waals surface area contributed by atoms with E-state index >= 15 is 0 Å². The minimum atomic E-state index is -1.03. The number of halogens is 2. The second kappa shape index (κ2) is 9.09. The van der Waals surface area contributed by atoms with Crippen LogP contribution in [0.15, 0.2) is 18.2 Å². The number of ether oxygens (including phenoxy) is 1. The molecule has 0 heterocycles. The molecule has 0 saturated carbocycles. The van der Waals surface area contributed by atoms with E-state index in [-0.39, 0.29) is 30.5 Å². The molecule has 1 N–H and O–H groups in total. The lowest BCUT2D eigenvalue weighted by Gasteiger charge is -2.21. The summed E-state index contributed by atoms with van der Waals surface area (Å²) in [5.74, 6) is -2.58. The molecule has 1 aromatic carbocycles. The summed E-state index contributed by atoms with van der Waals surface area (Å²) < 4.78 is 31.0. The molecule has 0 fully saturated rings. The van der Waals surface area contributed by atoms with Gasteiger partial charge in [-0.15, -0.1) is 0 Å². The van der Waals surface area contributed by atoms with Crippen LogP contribution in [0, 0.1) is 11.6 Å². The van der Waals surface area contributed by atoms with Gasteiger partial charge in [0.05, 0.1) is 0 Å². The van der Waals surface area contributed by atoms with Crippen LogP contribution in [-0.2, 0) is 14.3 Å². The van der Waals surface area contributed by atoms with E-state index < -0.39 is 11.6 Å². The van der Waals surface area contributed by atoms with Crippen molar-refractivity contribution in [2.45, 2.75) is 19.8 Å². The van der Waals surface area contributed by atoms with Crippen LogP contribution in [-0.4, -0.2) is 38.6 Å². The minimum absolute atomic E-state index is 0.0750. The summed E-state index contributed by atoms with van der Waals surface area (Å²) in [6.45, 7) is 2.43. The van der Waals surface area contributed by atoms with Crippen LogP contribution in [0.4, 0.5) is 14.5 Å². The molecule has 122 valence electrons. The van der Waals surface area contributed by atoms with Gasteiger partial charge < -0.3 is 15.0 Å². The van der Waals surface area contributed by atoms with Crippen LogP contribution >= 0.6 is 0 Å². The average Bonchev–Trinajstić information content (AvgIpc) is 2.47. The van der Waals surface area contributed by atoms with Crippen molar-refractivity contribution in [2.75, 3.05) is 31.7 Å². The first kappa shape index (κ1) is 18.0. The smallest absolute Gasteiger partial charge is 0.223 e. The van der Waals surface area contributed by atoms with Crippen molar-refractivity contribution < 1.29 is 23.1 Å². The van der Waals surface area contributed by atoms with Gasteiger partial charge in [0.1, 0.15) is 0 Å². The summed E-state index contributed by atoms with van der Waals surface area (Å²) in [7, 11) is 1.58. The van der Waals surface area contributed by atoms with Crippen LogP contribution in [0.5, 0.6) is 0 Å². The Morgan fingerprint density at radius 2 is 2.00 bits per heavy atom. The fourth-order valence-electron chi connectivity index (χ4n) is 1.87. The number of nitrogens with one attached hydrogen (secondary N) is 1. The van der Waals surface area contributed by atoms with Crippen LogP contribution < -0.4 is 10.2 Å². The van der Waals surface area contributed by atoms with Gasteiger partial charge in [0.15, 0.2) is 11.6 Å². The predicted molar refractivity (Wildman–Crippen MR) is 78.5 cm³/mol. The topological polar surface area (TPSA) is 58.6 Å². The number of amides is 2. The van der Waals surface area contributed by atoms with E-state index in [0.717, 1.165) is 12.1 Å². The van der Waals surface area contributed by atoms with E-state index in [4.69, 9.17) is 4.74 Å². The van der Waals surface area contributed by atoms with Crippen LogP contribution in [0.3, 0.4) is 0 Å². The normalized spacial score (nSPS) is 10.4. The van der Waals surface area contributed by atoms with Crippen molar-refractivity contribution in [3.8, 4) is 0 Å². The first-order chi connectivity index (χ1) is 10.5. The second-order valence-electron chi connectivity index (χ2n) is 4.72. The van der Waals surface area contributed by atoms with E-state index in [1.54, 1.807) is 7.11 Å². The fraction of sp³-hybridized carbons (Fsp3) is 0.467. The number of hydrogen-bond donors (Lipinski definition) is 1.